The number of hydrogen-bond acceptors (Lipinski definition) is 4. The number of esters is 1. The van der Waals surface area contributed by atoms with E-state index in [9.17, 15) is 9.59 Å². The van der Waals surface area contributed by atoms with Gasteiger partial charge in [-0.15, -0.1) is 0 Å². The second-order valence-corrected chi connectivity index (χ2v) is 8.42. The van der Waals surface area contributed by atoms with Crippen LogP contribution < -0.4 is 5.32 Å². The predicted octanol–water partition coefficient (Wildman–Crippen LogP) is 4.94. The van der Waals surface area contributed by atoms with Crippen molar-refractivity contribution in [3.05, 3.63) is 70.8 Å². The Morgan fingerprint density at radius 1 is 1.03 bits per heavy atom. The van der Waals surface area contributed by atoms with Crippen molar-refractivity contribution >= 4 is 11.8 Å². The Kier molecular flexibility index (Phi) is 6.10. The number of fused-ring (bicyclic) bond motifs is 1. The van der Waals surface area contributed by atoms with E-state index in [2.05, 4.69) is 29.6 Å². The number of benzene rings is 2. The van der Waals surface area contributed by atoms with E-state index in [0.29, 0.717) is 30.2 Å². The maximum Gasteiger partial charge on any atom is 0.339 e. The molecule has 1 saturated carbocycles. The van der Waals surface area contributed by atoms with Crippen LogP contribution in [-0.4, -0.2) is 18.8 Å². The summed E-state index contributed by atoms with van der Waals surface area (Å²) >= 11 is 0. The third kappa shape index (κ3) is 4.59. The molecule has 1 heterocycles. The molecule has 2 aliphatic rings. The van der Waals surface area contributed by atoms with Crippen LogP contribution in [0.1, 0.15) is 77.6 Å². The highest BCUT2D eigenvalue weighted by atomic mass is 16.5. The maximum atomic E-state index is 12.7. The molecule has 0 amide bonds. The lowest BCUT2D eigenvalue weighted by molar-refractivity contribution is -0.122. The zero-order valence-corrected chi connectivity index (χ0v) is 17.0. The van der Waals surface area contributed by atoms with E-state index in [0.717, 1.165) is 37.8 Å². The number of hydrogen-bond donors (Lipinski definition) is 1. The predicted molar refractivity (Wildman–Crippen MR) is 113 cm³/mol. The molecule has 2 aromatic rings. The second-order valence-electron chi connectivity index (χ2n) is 8.42. The van der Waals surface area contributed by atoms with Crippen LogP contribution in [0.3, 0.4) is 0 Å². The fraction of sp³-hybridized carbons (Fsp3) is 0.440. The molecule has 1 N–H and O–H groups in total. The molecule has 29 heavy (non-hydrogen) atoms. The van der Waals surface area contributed by atoms with E-state index in [4.69, 9.17) is 4.74 Å². The van der Waals surface area contributed by atoms with Crippen LogP contribution in [0.25, 0.3) is 0 Å². The van der Waals surface area contributed by atoms with Gasteiger partial charge in [0, 0.05) is 24.9 Å². The summed E-state index contributed by atoms with van der Waals surface area (Å²) in [6, 6.07) is 16.3. The van der Waals surface area contributed by atoms with Gasteiger partial charge in [0.25, 0.3) is 0 Å². The van der Waals surface area contributed by atoms with Gasteiger partial charge in [-0.2, -0.15) is 0 Å². The number of carbonyl (C=O) groups is 2. The minimum Gasteiger partial charge on any atom is -0.453 e. The van der Waals surface area contributed by atoms with Crippen molar-refractivity contribution in [1.29, 1.82) is 0 Å². The molecule has 0 saturated heterocycles. The molecule has 1 aliphatic carbocycles. The molecule has 1 aliphatic heterocycles. The molecule has 2 aromatic carbocycles. The molecule has 0 spiro atoms. The van der Waals surface area contributed by atoms with Crippen LogP contribution in [0.5, 0.6) is 0 Å². The first kappa shape index (κ1) is 19.8. The van der Waals surface area contributed by atoms with Crippen molar-refractivity contribution < 1.29 is 14.3 Å². The number of ketones is 1. The minimum atomic E-state index is -0.405. The molecule has 4 rings (SSSR count). The molecule has 1 atom stereocenters. The standard InChI is InChI=1S/C25H29NO3/c1-26-16-18-5-4-6-20(13-18)19-11-9-17(10-12-19)14-21(27)15-24-22-7-2-3-8-23(22)25(28)29-24/h2-8,13,17,19,24,26H,9-12,14-16H2,1H3. The molecule has 0 aromatic heterocycles. The molecule has 4 nitrogen and oxygen atoms in total. The first-order valence-electron chi connectivity index (χ1n) is 10.7. The summed E-state index contributed by atoms with van der Waals surface area (Å²) in [6.07, 6.45) is 4.96. The smallest absolute Gasteiger partial charge is 0.339 e. The monoisotopic (exact) mass is 391 g/mol. The summed E-state index contributed by atoms with van der Waals surface area (Å²) in [6.45, 7) is 0.895. The molecule has 4 heteroatoms. The Balaban J connectivity index is 1.28. The summed E-state index contributed by atoms with van der Waals surface area (Å²) in [4.78, 5) is 24.6. The minimum absolute atomic E-state index is 0.207. The van der Waals surface area contributed by atoms with Gasteiger partial charge in [0.1, 0.15) is 11.9 Å². The highest BCUT2D eigenvalue weighted by Crippen LogP contribution is 2.39. The topological polar surface area (TPSA) is 55.4 Å². The van der Waals surface area contributed by atoms with Crippen LogP contribution in [0.4, 0.5) is 0 Å². The fourth-order valence-corrected chi connectivity index (χ4v) is 4.84. The van der Waals surface area contributed by atoms with Crippen molar-refractivity contribution in [2.75, 3.05) is 7.05 Å². The first-order chi connectivity index (χ1) is 14.1. The van der Waals surface area contributed by atoms with Gasteiger partial charge in [0.2, 0.25) is 0 Å². The lowest BCUT2D eigenvalue weighted by Crippen LogP contribution is -2.18. The Morgan fingerprint density at radius 3 is 2.62 bits per heavy atom. The van der Waals surface area contributed by atoms with E-state index >= 15 is 0 Å². The number of Topliss-reactive ketones (excluding diaryl/α,β-unsaturated/α-hetero) is 1. The SMILES string of the molecule is CNCc1cccc(C2CCC(CC(=O)CC3OC(=O)c4ccccc43)CC2)c1. The molecular formula is C25H29NO3. The number of nitrogens with one attached hydrogen (secondary N) is 1. The van der Waals surface area contributed by atoms with Gasteiger partial charge < -0.3 is 10.1 Å². The van der Waals surface area contributed by atoms with E-state index in [1.807, 2.05) is 25.2 Å². The highest BCUT2D eigenvalue weighted by Gasteiger charge is 2.33. The number of rotatable bonds is 7. The van der Waals surface area contributed by atoms with Crippen molar-refractivity contribution in [3.63, 3.8) is 0 Å². The molecule has 0 radical (unpaired) electrons. The molecule has 1 unspecified atom stereocenters. The van der Waals surface area contributed by atoms with E-state index in [1.54, 1.807) is 6.07 Å². The fourth-order valence-electron chi connectivity index (χ4n) is 4.84. The van der Waals surface area contributed by atoms with Gasteiger partial charge in [-0.3, -0.25) is 4.79 Å². The zero-order chi connectivity index (χ0) is 20.2. The Morgan fingerprint density at radius 2 is 1.83 bits per heavy atom. The first-order valence-corrected chi connectivity index (χ1v) is 10.7. The summed E-state index contributed by atoms with van der Waals surface area (Å²) in [7, 11) is 1.97. The lowest BCUT2D eigenvalue weighted by Gasteiger charge is -2.29. The van der Waals surface area contributed by atoms with Crippen molar-refractivity contribution in [3.8, 4) is 0 Å². The van der Waals surface area contributed by atoms with Crippen LogP contribution in [0.15, 0.2) is 48.5 Å². The third-order valence-corrected chi connectivity index (χ3v) is 6.36. The van der Waals surface area contributed by atoms with Gasteiger partial charge >= 0.3 is 5.97 Å². The largest absolute Gasteiger partial charge is 0.453 e. The molecular weight excluding hydrogens is 362 g/mol. The third-order valence-electron chi connectivity index (χ3n) is 6.36. The quantitative estimate of drug-likeness (QED) is 0.679. The number of carbonyl (C=O) groups excluding carboxylic acids is 2. The Hall–Kier alpha value is -2.46. The van der Waals surface area contributed by atoms with E-state index in [-0.39, 0.29) is 11.8 Å². The van der Waals surface area contributed by atoms with Gasteiger partial charge in [-0.25, -0.2) is 4.79 Å². The summed E-state index contributed by atoms with van der Waals surface area (Å²) in [5.74, 6) is 0.950. The van der Waals surface area contributed by atoms with Gasteiger partial charge in [0.05, 0.1) is 5.56 Å². The number of cyclic esters (lactones) is 1. The molecule has 0 bridgehead atoms. The summed E-state index contributed by atoms with van der Waals surface area (Å²) < 4.78 is 5.43. The normalized spacial score (nSPS) is 23.5. The van der Waals surface area contributed by atoms with Crippen LogP contribution in [0.2, 0.25) is 0 Å². The molecule has 152 valence electrons. The van der Waals surface area contributed by atoms with Gasteiger partial charge in [-0.1, -0.05) is 42.5 Å². The average molecular weight is 392 g/mol. The number of ether oxygens (including phenoxy) is 1. The van der Waals surface area contributed by atoms with Crippen LogP contribution in [0, 0.1) is 5.92 Å². The summed E-state index contributed by atoms with van der Waals surface area (Å²) in [5, 5.41) is 3.21. The Bertz CT molecular complexity index is 883. The Labute approximate surface area is 172 Å². The summed E-state index contributed by atoms with van der Waals surface area (Å²) in [5.41, 5.74) is 4.22. The molecule has 1 fully saturated rings. The van der Waals surface area contributed by atoms with Crippen molar-refractivity contribution in [2.24, 2.45) is 5.92 Å². The average Bonchev–Trinajstić information content (AvgIpc) is 3.05. The van der Waals surface area contributed by atoms with Gasteiger partial charge in [-0.05, 0) is 61.8 Å². The van der Waals surface area contributed by atoms with Crippen LogP contribution in [-0.2, 0) is 16.1 Å². The van der Waals surface area contributed by atoms with E-state index in [1.165, 1.54) is 11.1 Å². The van der Waals surface area contributed by atoms with E-state index < -0.39 is 6.10 Å². The van der Waals surface area contributed by atoms with Gasteiger partial charge in [0.15, 0.2) is 0 Å². The zero-order valence-electron chi connectivity index (χ0n) is 17.0. The lowest BCUT2D eigenvalue weighted by atomic mass is 9.76. The highest BCUT2D eigenvalue weighted by molar-refractivity contribution is 5.94. The van der Waals surface area contributed by atoms with Crippen molar-refractivity contribution in [2.45, 2.75) is 57.1 Å². The second kappa shape index (κ2) is 8.91. The van der Waals surface area contributed by atoms with Crippen LogP contribution >= 0.6 is 0 Å². The van der Waals surface area contributed by atoms with Crippen molar-refractivity contribution in [1.82, 2.24) is 5.32 Å². The maximum absolute atomic E-state index is 12.7.